The molecule has 2 N–H and O–H groups in total. The molecular formula is C17H23NO3S. The third-order valence-corrected chi connectivity index (χ3v) is 5.31. The minimum atomic E-state index is -0.713. The summed E-state index contributed by atoms with van der Waals surface area (Å²) in [5.41, 5.74) is 2.42. The number of hydrogen-bond donors (Lipinski definition) is 2. The summed E-state index contributed by atoms with van der Waals surface area (Å²) in [6.07, 6.45) is 2.84. The van der Waals surface area contributed by atoms with E-state index in [-0.39, 0.29) is 17.9 Å². The highest BCUT2D eigenvalue weighted by atomic mass is 32.2. The molecule has 1 aliphatic rings. The second kappa shape index (κ2) is 7.68. The van der Waals surface area contributed by atoms with Crippen molar-refractivity contribution >= 4 is 23.6 Å². The number of rotatable bonds is 5. The lowest BCUT2D eigenvalue weighted by molar-refractivity contribution is -0.142. The molecule has 1 aromatic carbocycles. The maximum absolute atomic E-state index is 12.0. The van der Waals surface area contributed by atoms with Crippen LogP contribution in [-0.2, 0) is 9.59 Å². The Morgan fingerprint density at radius 2 is 1.91 bits per heavy atom. The standard InChI is InChI=1S/C17H23NO3S/c1-11-3-8-15(12(2)9-11)22-10-16(19)18-14-6-4-13(5-7-14)17(20)21/h3,8-9,13-14H,4-7,10H2,1-2H3,(H,18,19)(H,20,21). The molecule has 5 heteroatoms. The van der Waals surface area contributed by atoms with Gasteiger partial charge in [0.15, 0.2) is 0 Å². The van der Waals surface area contributed by atoms with Gasteiger partial charge in [0.25, 0.3) is 0 Å². The molecule has 0 heterocycles. The second-order valence-corrected chi connectivity index (χ2v) is 7.03. The lowest BCUT2D eigenvalue weighted by Gasteiger charge is -2.26. The molecule has 0 saturated heterocycles. The molecule has 1 fully saturated rings. The summed E-state index contributed by atoms with van der Waals surface area (Å²) in [6.45, 7) is 4.11. The molecule has 1 saturated carbocycles. The zero-order valence-corrected chi connectivity index (χ0v) is 13.9. The fourth-order valence-electron chi connectivity index (χ4n) is 2.86. The van der Waals surface area contributed by atoms with Crippen molar-refractivity contribution in [2.75, 3.05) is 5.75 Å². The summed E-state index contributed by atoms with van der Waals surface area (Å²) in [5, 5.41) is 12.0. The Bertz CT molecular complexity index is 551. The third-order valence-electron chi connectivity index (χ3n) is 4.13. The van der Waals surface area contributed by atoms with Crippen LogP contribution in [0.4, 0.5) is 0 Å². The van der Waals surface area contributed by atoms with Crippen molar-refractivity contribution in [2.45, 2.75) is 50.5 Å². The van der Waals surface area contributed by atoms with Crippen molar-refractivity contribution in [2.24, 2.45) is 5.92 Å². The molecule has 2 rings (SSSR count). The van der Waals surface area contributed by atoms with Gasteiger partial charge in [-0.25, -0.2) is 0 Å². The van der Waals surface area contributed by atoms with Crippen LogP contribution >= 0.6 is 11.8 Å². The average Bonchev–Trinajstić information content (AvgIpc) is 2.47. The molecule has 22 heavy (non-hydrogen) atoms. The minimum absolute atomic E-state index is 0.0313. The quantitative estimate of drug-likeness (QED) is 0.818. The van der Waals surface area contributed by atoms with Gasteiger partial charge in [-0.05, 0) is 51.2 Å². The van der Waals surface area contributed by atoms with Gasteiger partial charge in [0.2, 0.25) is 5.91 Å². The number of thioether (sulfide) groups is 1. The van der Waals surface area contributed by atoms with Crippen LogP contribution in [0.25, 0.3) is 0 Å². The molecule has 0 bridgehead atoms. The number of nitrogens with one attached hydrogen (secondary N) is 1. The predicted octanol–water partition coefficient (Wildman–Crippen LogP) is 3.16. The van der Waals surface area contributed by atoms with Gasteiger partial charge in [-0.1, -0.05) is 17.7 Å². The van der Waals surface area contributed by atoms with Crippen LogP contribution in [0.5, 0.6) is 0 Å². The van der Waals surface area contributed by atoms with E-state index in [1.54, 1.807) is 11.8 Å². The number of hydrogen-bond acceptors (Lipinski definition) is 3. The Hall–Kier alpha value is -1.49. The molecule has 0 unspecified atom stereocenters. The van der Waals surface area contributed by atoms with Crippen molar-refractivity contribution in [3.63, 3.8) is 0 Å². The highest BCUT2D eigenvalue weighted by Gasteiger charge is 2.26. The zero-order chi connectivity index (χ0) is 16.1. The van der Waals surface area contributed by atoms with E-state index < -0.39 is 5.97 Å². The lowest BCUT2D eigenvalue weighted by Crippen LogP contribution is -2.39. The van der Waals surface area contributed by atoms with Crippen LogP contribution in [0.3, 0.4) is 0 Å². The Morgan fingerprint density at radius 1 is 1.23 bits per heavy atom. The van der Waals surface area contributed by atoms with Gasteiger partial charge in [0.1, 0.15) is 0 Å². The van der Waals surface area contributed by atoms with Crippen LogP contribution in [0, 0.1) is 19.8 Å². The van der Waals surface area contributed by atoms with Crippen LogP contribution in [-0.4, -0.2) is 28.8 Å². The van der Waals surface area contributed by atoms with Crippen molar-refractivity contribution in [3.8, 4) is 0 Å². The van der Waals surface area contributed by atoms with Crippen molar-refractivity contribution < 1.29 is 14.7 Å². The third kappa shape index (κ3) is 4.77. The summed E-state index contributed by atoms with van der Waals surface area (Å²) >= 11 is 1.55. The predicted molar refractivity (Wildman–Crippen MR) is 88.2 cm³/mol. The Kier molecular flexibility index (Phi) is 5.89. The van der Waals surface area contributed by atoms with Crippen molar-refractivity contribution in [3.05, 3.63) is 29.3 Å². The topological polar surface area (TPSA) is 66.4 Å². The molecule has 120 valence electrons. The van der Waals surface area contributed by atoms with Gasteiger partial charge in [-0.2, -0.15) is 0 Å². The van der Waals surface area contributed by atoms with E-state index in [4.69, 9.17) is 5.11 Å². The molecule has 1 aromatic rings. The number of carbonyl (C=O) groups is 2. The number of amides is 1. The maximum Gasteiger partial charge on any atom is 0.306 e. The molecule has 1 amide bonds. The van der Waals surface area contributed by atoms with E-state index in [1.807, 2.05) is 0 Å². The SMILES string of the molecule is Cc1ccc(SCC(=O)NC2CCC(C(=O)O)CC2)c(C)c1. The van der Waals surface area contributed by atoms with Gasteiger partial charge in [-0.15, -0.1) is 11.8 Å². The summed E-state index contributed by atoms with van der Waals surface area (Å²) in [5.74, 6) is -0.514. The first-order valence-electron chi connectivity index (χ1n) is 7.68. The highest BCUT2D eigenvalue weighted by Crippen LogP contribution is 2.25. The van der Waals surface area contributed by atoms with E-state index in [0.29, 0.717) is 18.6 Å². The largest absolute Gasteiger partial charge is 0.481 e. The van der Waals surface area contributed by atoms with Gasteiger partial charge in [0.05, 0.1) is 11.7 Å². The number of carboxylic acid groups (broad SMARTS) is 1. The maximum atomic E-state index is 12.0. The Balaban J connectivity index is 1.75. The molecule has 0 spiro atoms. The fraction of sp³-hybridized carbons (Fsp3) is 0.529. The molecule has 0 atom stereocenters. The fourth-order valence-corrected chi connectivity index (χ4v) is 3.68. The first kappa shape index (κ1) is 16.9. The van der Waals surface area contributed by atoms with E-state index in [2.05, 4.69) is 37.4 Å². The first-order chi connectivity index (χ1) is 10.5. The number of carboxylic acids is 1. The molecule has 4 nitrogen and oxygen atoms in total. The molecule has 0 aromatic heterocycles. The molecule has 0 aliphatic heterocycles. The summed E-state index contributed by atoms with van der Waals surface area (Å²) in [4.78, 5) is 24.1. The summed E-state index contributed by atoms with van der Waals surface area (Å²) in [7, 11) is 0. The monoisotopic (exact) mass is 321 g/mol. The van der Waals surface area contributed by atoms with Gasteiger partial charge >= 0.3 is 5.97 Å². The average molecular weight is 321 g/mol. The van der Waals surface area contributed by atoms with Crippen LogP contribution in [0.2, 0.25) is 0 Å². The lowest BCUT2D eigenvalue weighted by atomic mass is 9.86. The Morgan fingerprint density at radius 3 is 2.50 bits per heavy atom. The molecular weight excluding hydrogens is 298 g/mol. The van der Waals surface area contributed by atoms with Crippen LogP contribution in [0.1, 0.15) is 36.8 Å². The normalized spacial score (nSPS) is 21.4. The number of benzene rings is 1. The van der Waals surface area contributed by atoms with Crippen molar-refractivity contribution in [1.29, 1.82) is 0 Å². The summed E-state index contributed by atoms with van der Waals surface area (Å²) in [6, 6.07) is 6.36. The van der Waals surface area contributed by atoms with Gasteiger partial charge in [-0.3, -0.25) is 9.59 Å². The molecule has 1 aliphatic carbocycles. The van der Waals surface area contributed by atoms with Crippen LogP contribution < -0.4 is 5.32 Å². The second-order valence-electron chi connectivity index (χ2n) is 6.01. The van der Waals surface area contributed by atoms with Crippen molar-refractivity contribution in [1.82, 2.24) is 5.32 Å². The zero-order valence-electron chi connectivity index (χ0n) is 13.1. The van der Waals surface area contributed by atoms with E-state index >= 15 is 0 Å². The smallest absolute Gasteiger partial charge is 0.306 e. The minimum Gasteiger partial charge on any atom is -0.481 e. The van der Waals surface area contributed by atoms with E-state index in [1.165, 1.54) is 11.1 Å². The van der Waals surface area contributed by atoms with Crippen LogP contribution in [0.15, 0.2) is 23.1 Å². The van der Waals surface area contributed by atoms with E-state index in [0.717, 1.165) is 17.7 Å². The summed E-state index contributed by atoms with van der Waals surface area (Å²) < 4.78 is 0. The highest BCUT2D eigenvalue weighted by molar-refractivity contribution is 8.00. The Labute approximate surface area is 135 Å². The molecule has 0 radical (unpaired) electrons. The number of carbonyl (C=O) groups excluding carboxylic acids is 1. The van der Waals surface area contributed by atoms with E-state index in [9.17, 15) is 9.59 Å². The van der Waals surface area contributed by atoms with Gasteiger partial charge in [0, 0.05) is 10.9 Å². The number of aliphatic carboxylic acids is 1. The number of aryl methyl sites for hydroxylation is 2. The first-order valence-corrected chi connectivity index (χ1v) is 8.66. The van der Waals surface area contributed by atoms with Gasteiger partial charge < -0.3 is 10.4 Å².